The lowest BCUT2D eigenvalue weighted by molar-refractivity contribution is -0.133. The molecule has 1 aliphatic rings. The maximum Gasteiger partial charge on any atom is 0.219 e. The predicted molar refractivity (Wildman–Crippen MR) is 43.5 cm³/mol. The molecule has 4 heteroatoms. The molecule has 1 rings (SSSR count). The lowest BCUT2D eigenvalue weighted by Gasteiger charge is -2.34. The van der Waals surface area contributed by atoms with Gasteiger partial charge in [-0.25, -0.2) is 0 Å². The molecule has 0 radical (unpaired) electrons. The monoisotopic (exact) mass is 173 g/mol. The van der Waals surface area contributed by atoms with Crippen molar-refractivity contribution in [2.45, 2.75) is 19.4 Å². The van der Waals surface area contributed by atoms with Gasteiger partial charge in [0.15, 0.2) is 0 Å². The van der Waals surface area contributed by atoms with Crippen LogP contribution in [0.15, 0.2) is 0 Å². The first-order valence-electron chi connectivity index (χ1n) is 4.18. The fourth-order valence-electron chi connectivity index (χ4n) is 1.56. The third-order valence-corrected chi connectivity index (χ3v) is 2.22. The molecule has 1 heterocycles. The molecule has 0 aromatic heterocycles. The summed E-state index contributed by atoms with van der Waals surface area (Å²) in [4.78, 5) is 12.5. The maximum absolute atomic E-state index is 10.9. The van der Waals surface area contributed by atoms with Crippen molar-refractivity contribution in [2.75, 3.05) is 19.7 Å². The quantitative estimate of drug-likeness (QED) is 0.546. The molecule has 4 nitrogen and oxygen atoms in total. The Morgan fingerprint density at radius 1 is 1.58 bits per heavy atom. The van der Waals surface area contributed by atoms with Crippen molar-refractivity contribution in [3.8, 4) is 0 Å². The van der Waals surface area contributed by atoms with Gasteiger partial charge in [-0.05, 0) is 6.42 Å². The maximum atomic E-state index is 10.9. The van der Waals surface area contributed by atoms with Crippen LogP contribution in [0, 0.1) is 5.92 Å². The number of carbonyl (C=O) groups excluding carboxylic acids is 1. The van der Waals surface area contributed by atoms with Gasteiger partial charge >= 0.3 is 0 Å². The van der Waals surface area contributed by atoms with Crippen LogP contribution >= 0.6 is 0 Å². The van der Waals surface area contributed by atoms with Gasteiger partial charge in [0, 0.05) is 32.5 Å². The summed E-state index contributed by atoms with van der Waals surface area (Å²) >= 11 is 0. The average molecular weight is 173 g/mol. The second kappa shape index (κ2) is 3.87. The molecule has 2 atom stereocenters. The second-order valence-corrected chi connectivity index (χ2v) is 3.36. The fraction of sp³-hybridized carbons (Fsp3) is 0.875. The van der Waals surface area contributed by atoms with Crippen molar-refractivity contribution in [3.05, 3.63) is 0 Å². The van der Waals surface area contributed by atoms with Crippen LogP contribution in [0.4, 0.5) is 0 Å². The molecule has 0 saturated carbocycles. The standard InChI is InChI=1S/C8H15NO3/c1-6(11)9-3-7(5-10)2-8(12)4-9/h7-8,10,12H,2-5H2,1H3. The Morgan fingerprint density at radius 3 is 2.75 bits per heavy atom. The van der Waals surface area contributed by atoms with E-state index in [1.807, 2.05) is 0 Å². The van der Waals surface area contributed by atoms with Crippen molar-refractivity contribution in [1.82, 2.24) is 4.90 Å². The number of amides is 1. The van der Waals surface area contributed by atoms with Crippen molar-refractivity contribution >= 4 is 5.91 Å². The van der Waals surface area contributed by atoms with Gasteiger partial charge < -0.3 is 15.1 Å². The first kappa shape index (κ1) is 9.48. The number of hydrogen-bond acceptors (Lipinski definition) is 3. The minimum absolute atomic E-state index is 0.0350. The van der Waals surface area contributed by atoms with Crippen molar-refractivity contribution in [3.63, 3.8) is 0 Å². The minimum Gasteiger partial charge on any atom is -0.396 e. The Balaban J connectivity index is 2.51. The number of piperidine rings is 1. The molecule has 1 amide bonds. The van der Waals surface area contributed by atoms with Crippen LogP contribution in [0.2, 0.25) is 0 Å². The summed E-state index contributed by atoms with van der Waals surface area (Å²) in [6.07, 6.45) is 0.125. The Kier molecular flexibility index (Phi) is 3.05. The summed E-state index contributed by atoms with van der Waals surface area (Å²) in [5.41, 5.74) is 0. The Hall–Kier alpha value is -0.610. The average Bonchev–Trinajstić information content (AvgIpc) is 2.03. The van der Waals surface area contributed by atoms with E-state index in [1.165, 1.54) is 6.92 Å². The second-order valence-electron chi connectivity index (χ2n) is 3.36. The van der Waals surface area contributed by atoms with Gasteiger partial charge in [-0.15, -0.1) is 0 Å². The van der Waals surface area contributed by atoms with E-state index < -0.39 is 6.10 Å². The molecule has 12 heavy (non-hydrogen) atoms. The summed E-state index contributed by atoms with van der Waals surface area (Å²) in [6.45, 7) is 2.50. The molecular weight excluding hydrogens is 158 g/mol. The van der Waals surface area contributed by atoms with E-state index in [2.05, 4.69) is 0 Å². The molecule has 2 unspecified atom stereocenters. The van der Waals surface area contributed by atoms with Crippen LogP contribution in [0.1, 0.15) is 13.3 Å². The van der Waals surface area contributed by atoms with Gasteiger partial charge in [-0.2, -0.15) is 0 Å². The molecule has 1 aliphatic heterocycles. The number of aliphatic hydroxyl groups excluding tert-OH is 2. The van der Waals surface area contributed by atoms with Gasteiger partial charge in [0.25, 0.3) is 0 Å². The van der Waals surface area contributed by atoms with Gasteiger partial charge in [0.05, 0.1) is 6.10 Å². The number of aliphatic hydroxyl groups is 2. The van der Waals surface area contributed by atoms with Gasteiger partial charge in [-0.1, -0.05) is 0 Å². The zero-order chi connectivity index (χ0) is 9.14. The first-order chi connectivity index (χ1) is 5.63. The molecule has 1 saturated heterocycles. The summed E-state index contributed by atoms with van der Waals surface area (Å²) < 4.78 is 0. The number of likely N-dealkylation sites (tertiary alicyclic amines) is 1. The smallest absolute Gasteiger partial charge is 0.219 e. The molecular formula is C8H15NO3. The third-order valence-electron chi connectivity index (χ3n) is 2.22. The van der Waals surface area contributed by atoms with Gasteiger partial charge in [-0.3, -0.25) is 4.79 Å². The zero-order valence-electron chi connectivity index (χ0n) is 7.23. The molecule has 0 spiro atoms. The highest BCUT2D eigenvalue weighted by Crippen LogP contribution is 2.16. The van der Waals surface area contributed by atoms with Crippen LogP contribution in [0.5, 0.6) is 0 Å². The lowest BCUT2D eigenvalue weighted by atomic mass is 9.97. The highest BCUT2D eigenvalue weighted by molar-refractivity contribution is 5.73. The van der Waals surface area contributed by atoms with Crippen molar-refractivity contribution in [1.29, 1.82) is 0 Å². The van der Waals surface area contributed by atoms with E-state index in [0.29, 0.717) is 19.5 Å². The zero-order valence-corrected chi connectivity index (χ0v) is 7.23. The summed E-state index contributed by atoms with van der Waals surface area (Å²) in [7, 11) is 0. The fourth-order valence-corrected chi connectivity index (χ4v) is 1.56. The summed E-state index contributed by atoms with van der Waals surface area (Å²) in [6, 6.07) is 0. The minimum atomic E-state index is -0.472. The molecule has 70 valence electrons. The predicted octanol–water partition coefficient (Wildman–Crippen LogP) is -0.792. The molecule has 1 fully saturated rings. The molecule has 0 aromatic carbocycles. The van der Waals surface area contributed by atoms with Crippen LogP contribution in [0.3, 0.4) is 0 Å². The van der Waals surface area contributed by atoms with Crippen LogP contribution in [-0.2, 0) is 4.79 Å². The van der Waals surface area contributed by atoms with E-state index in [0.717, 1.165) is 0 Å². The van der Waals surface area contributed by atoms with Crippen molar-refractivity contribution in [2.24, 2.45) is 5.92 Å². The molecule has 2 N–H and O–H groups in total. The van der Waals surface area contributed by atoms with Gasteiger partial charge in [0.2, 0.25) is 5.91 Å². The van der Waals surface area contributed by atoms with E-state index >= 15 is 0 Å². The van der Waals surface area contributed by atoms with Crippen LogP contribution in [0.25, 0.3) is 0 Å². The number of carbonyl (C=O) groups is 1. The summed E-state index contributed by atoms with van der Waals surface area (Å²) in [5, 5.41) is 18.2. The molecule has 0 bridgehead atoms. The lowest BCUT2D eigenvalue weighted by Crippen LogP contribution is -2.46. The number of hydrogen-bond donors (Lipinski definition) is 2. The van der Waals surface area contributed by atoms with Crippen molar-refractivity contribution < 1.29 is 15.0 Å². The third kappa shape index (κ3) is 2.19. The number of β-amino-alcohol motifs (C(OH)–C–C–N with tert-alkyl or cyclic N) is 1. The van der Waals surface area contributed by atoms with Crippen LogP contribution < -0.4 is 0 Å². The Labute approximate surface area is 71.8 Å². The number of nitrogens with zero attached hydrogens (tertiary/aromatic N) is 1. The van der Waals surface area contributed by atoms with E-state index in [9.17, 15) is 9.90 Å². The highest BCUT2D eigenvalue weighted by atomic mass is 16.3. The normalized spacial score (nSPS) is 30.4. The van der Waals surface area contributed by atoms with E-state index in [-0.39, 0.29) is 18.4 Å². The van der Waals surface area contributed by atoms with E-state index in [4.69, 9.17) is 5.11 Å². The Morgan fingerprint density at radius 2 is 2.25 bits per heavy atom. The van der Waals surface area contributed by atoms with Crippen LogP contribution in [-0.4, -0.2) is 46.8 Å². The Bertz CT molecular complexity index is 172. The SMILES string of the molecule is CC(=O)N1CC(O)CC(CO)C1. The topological polar surface area (TPSA) is 60.8 Å². The summed E-state index contributed by atoms with van der Waals surface area (Å²) in [5.74, 6) is 0.00449. The molecule has 0 aliphatic carbocycles. The van der Waals surface area contributed by atoms with E-state index in [1.54, 1.807) is 4.90 Å². The first-order valence-corrected chi connectivity index (χ1v) is 4.18. The van der Waals surface area contributed by atoms with Gasteiger partial charge in [0.1, 0.15) is 0 Å². The highest BCUT2D eigenvalue weighted by Gasteiger charge is 2.26. The largest absolute Gasteiger partial charge is 0.396 e. The molecule has 0 aromatic rings. The number of rotatable bonds is 1.